The number of hydrogen-bond acceptors (Lipinski definition) is 2. The SMILES string of the molecule is CCCc1cc2cc(Cl)ccc2nc1NCC. The van der Waals surface area contributed by atoms with Crippen LogP contribution >= 0.6 is 11.6 Å². The van der Waals surface area contributed by atoms with E-state index in [1.807, 2.05) is 18.2 Å². The first-order valence-electron chi connectivity index (χ1n) is 6.07. The van der Waals surface area contributed by atoms with Gasteiger partial charge >= 0.3 is 0 Å². The van der Waals surface area contributed by atoms with Crippen LogP contribution in [0.25, 0.3) is 10.9 Å². The summed E-state index contributed by atoms with van der Waals surface area (Å²) in [5.74, 6) is 1.00. The van der Waals surface area contributed by atoms with Gasteiger partial charge in [0.15, 0.2) is 0 Å². The predicted molar refractivity (Wildman–Crippen MR) is 74.9 cm³/mol. The van der Waals surface area contributed by atoms with Crippen LogP contribution in [0.15, 0.2) is 24.3 Å². The van der Waals surface area contributed by atoms with E-state index < -0.39 is 0 Å². The maximum atomic E-state index is 6.01. The van der Waals surface area contributed by atoms with E-state index in [0.717, 1.165) is 41.1 Å². The molecule has 17 heavy (non-hydrogen) atoms. The molecular formula is C14H17ClN2. The molecule has 0 atom stereocenters. The van der Waals surface area contributed by atoms with Crippen LogP contribution in [-0.2, 0) is 6.42 Å². The van der Waals surface area contributed by atoms with Crippen LogP contribution in [0.2, 0.25) is 5.02 Å². The average Bonchev–Trinajstić information content (AvgIpc) is 2.31. The van der Waals surface area contributed by atoms with Crippen LogP contribution < -0.4 is 5.32 Å². The summed E-state index contributed by atoms with van der Waals surface area (Å²) >= 11 is 6.01. The zero-order valence-corrected chi connectivity index (χ0v) is 11.0. The Bertz CT molecular complexity index is 523. The van der Waals surface area contributed by atoms with Gasteiger partial charge in [-0.3, -0.25) is 0 Å². The standard InChI is InChI=1S/C14H17ClN2/c1-3-5-10-8-11-9-12(15)6-7-13(11)17-14(10)16-4-2/h6-9H,3-5H2,1-2H3,(H,16,17). The number of aromatic nitrogens is 1. The number of fused-ring (bicyclic) bond motifs is 1. The maximum absolute atomic E-state index is 6.01. The van der Waals surface area contributed by atoms with Crippen molar-refractivity contribution in [3.8, 4) is 0 Å². The highest BCUT2D eigenvalue weighted by Gasteiger charge is 2.05. The fraction of sp³-hybridized carbons (Fsp3) is 0.357. The number of aryl methyl sites for hydroxylation is 1. The molecule has 0 saturated heterocycles. The molecule has 0 saturated carbocycles. The average molecular weight is 249 g/mol. The summed E-state index contributed by atoms with van der Waals surface area (Å²) in [5.41, 5.74) is 2.26. The molecular weight excluding hydrogens is 232 g/mol. The van der Waals surface area contributed by atoms with Crippen molar-refractivity contribution in [2.45, 2.75) is 26.7 Å². The number of halogens is 1. The fourth-order valence-electron chi connectivity index (χ4n) is 1.97. The van der Waals surface area contributed by atoms with Crippen molar-refractivity contribution in [1.29, 1.82) is 0 Å². The zero-order valence-electron chi connectivity index (χ0n) is 10.3. The predicted octanol–water partition coefficient (Wildman–Crippen LogP) is 4.27. The lowest BCUT2D eigenvalue weighted by atomic mass is 10.1. The highest BCUT2D eigenvalue weighted by atomic mass is 35.5. The lowest BCUT2D eigenvalue weighted by molar-refractivity contribution is 0.916. The van der Waals surface area contributed by atoms with Gasteiger partial charge in [-0.25, -0.2) is 4.98 Å². The third-order valence-electron chi connectivity index (χ3n) is 2.72. The molecule has 2 nitrogen and oxygen atoms in total. The van der Waals surface area contributed by atoms with Gasteiger partial charge in [-0.05, 0) is 43.2 Å². The number of nitrogens with zero attached hydrogens (tertiary/aromatic N) is 1. The number of anilines is 1. The Hall–Kier alpha value is -1.28. The van der Waals surface area contributed by atoms with Crippen molar-refractivity contribution in [2.75, 3.05) is 11.9 Å². The summed E-state index contributed by atoms with van der Waals surface area (Å²) in [5, 5.41) is 5.20. The molecule has 0 fully saturated rings. The van der Waals surface area contributed by atoms with Crippen molar-refractivity contribution in [2.24, 2.45) is 0 Å². The van der Waals surface area contributed by atoms with Crippen LogP contribution in [0, 0.1) is 0 Å². The van der Waals surface area contributed by atoms with Crippen LogP contribution in [0.3, 0.4) is 0 Å². The smallest absolute Gasteiger partial charge is 0.129 e. The molecule has 0 aliphatic heterocycles. The molecule has 0 unspecified atom stereocenters. The number of hydrogen-bond donors (Lipinski definition) is 1. The highest BCUT2D eigenvalue weighted by Crippen LogP contribution is 2.24. The Morgan fingerprint density at radius 1 is 1.24 bits per heavy atom. The second-order valence-corrected chi connectivity index (χ2v) is 4.55. The molecule has 3 heteroatoms. The van der Waals surface area contributed by atoms with E-state index in [1.165, 1.54) is 5.56 Å². The van der Waals surface area contributed by atoms with Gasteiger partial charge in [0.05, 0.1) is 5.52 Å². The normalized spacial score (nSPS) is 10.8. The first kappa shape index (κ1) is 12.2. The molecule has 1 aromatic heterocycles. The first-order valence-corrected chi connectivity index (χ1v) is 6.45. The van der Waals surface area contributed by atoms with Crippen molar-refractivity contribution in [3.05, 3.63) is 34.9 Å². The molecule has 1 heterocycles. The molecule has 2 rings (SSSR count). The molecule has 0 spiro atoms. The fourth-order valence-corrected chi connectivity index (χ4v) is 2.15. The van der Waals surface area contributed by atoms with Gasteiger partial charge in [-0.1, -0.05) is 24.9 Å². The second kappa shape index (κ2) is 5.37. The van der Waals surface area contributed by atoms with Crippen LogP contribution in [0.1, 0.15) is 25.8 Å². The molecule has 0 radical (unpaired) electrons. The van der Waals surface area contributed by atoms with E-state index in [0.29, 0.717) is 0 Å². The summed E-state index contributed by atoms with van der Waals surface area (Å²) in [4.78, 5) is 4.65. The number of rotatable bonds is 4. The van der Waals surface area contributed by atoms with E-state index in [1.54, 1.807) is 0 Å². The van der Waals surface area contributed by atoms with Crippen molar-refractivity contribution >= 4 is 28.3 Å². The molecule has 1 aromatic carbocycles. The summed E-state index contributed by atoms with van der Waals surface area (Å²) in [7, 11) is 0. The van der Waals surface area contributed by atoms with Gasteiger partial charge in [0.25, 0.3) is 0 Å². The summed E-state index contributed by atoms with van der Waals surface area (Å²) < 4.78 is 0. The number of benzene rings is 1. The molecule has 1 N–H and O–H groups in total. The molecule has 2 aromatic rings. The minimum atomic E-state index is 0.762. The lowest BCUT2D eigenvalue weighted by Gasteiger charge is -2.11. The third-order valence-corrected chi connectivity index (χ3v) is 2.95. The van der Waals surface area contributed by atoms with Crippen molar-refractivity contribution < 1.29 is 0 Å². The topological polar surface area (TPSA) is 24.9 Å². The van der Waals surface area contributed by atoms with Crippen LogP contribution in [0.5, 0.6) is 0 Å². The Morgan fingerprint density at radius 2 is 2.06 bits per heavy atom. The van der Waals surface area contributed by atoms with Gasteiger partial charge in [0, 0.05) is 17.0 Å². The Kier molecular flexibility index (Phi) is 3.85. The molecule has 90 valence electrons. The van der Waals surface area contributed by atoms with Gasteiger partial charge in [0.1, 0.15) is 5.82 Å². The van der Waals surface area contributed by atoms with Crippen LogP contribution in [0.4, 0.5) is 5.82 Å². The Balaban J connectivity index is 2.55. The molecule has 0 aliphatic carbocycles. The minimum absolute atomic E-state index is 0.762. The Labute approximate surface area is 107 Å². The van der Waals surface area contributed by atoms with Crippen molar-refractivity contribution in [3.63, 3.8) is 0 Å². The molecule has 0 aliphatic rings. The highest BCUT2D eigenvalue weighted by molar-refractivity contribution is 6.31. The van der Waals surface area contributed by atoms with Crippen LogP contribution in [-0.4, -0.2) is 11.5 Å². The number of pyridine rings is 1. The monoisotopic (exact) mass is 248 g/mol. The molecule has 0 bridgehead atoms. The van der Waals surface area contributed by atoms with Gasteiger partial charge in [-0.2, -0.15) is 0 Å². The minimum Gasteiger partial charge on any atom is -0.370 e. The van der Waals surface area contributed by atoms with Crippen molar-refractivity contribution in [1.82, 2.24) is 4.98 Å². The summed E-state index contributed by atoms with van der Waals surface area (Å²) in [6.07, 6.45) is 2.16. The Morgan fingerprint density at radius 3 is 2.76 bits per heavy atom. The first-order chi connectivity index (χ1) is 8.24. The van der Waals surface area contributed by atoms with E-state index in [2.05, 4.69) is 30.2 Å². The summed E-state index contributed by atoms with van der Waals surface area (Å²) in [6.45, 7) is 5.16. The van der Waals surface area contributed by atoms with E-state index >= 15 is 0 Å². The maximum Gasteiger partial charge on any atom is 0.129 e. The largest absolute Gasteiger partial charge is 0.370 e. The molecule has 0 amide bonds. The van der Waals surface area contributed by atoms with E-state index in [-0.39, 0.29) is 0 Å². The van der Waals surface area contributed by atoms with E-state index in [9.17, 15) is 0 Å². The van der Waals surface area contributed by atoms with Gasteiger partial charge < -0.3 is 5.32 Å². The lowest BCUT2D eigenvalue weighted by Crippen LogP contribution is -2.03. The van der Waals surface area contributed by atoms with E-state index in [4.69, 9.17) is 11.6 Å². The second-order valence-electron chi connectivity index (χ2n) is 4.11. The van der Waals surface area contributed by atoms with Gasteiger partial charge in [0.2, 0.25) is 0 Å². The third kappa shape index (κ3) is 2.70. The quantitative estimate of drug-likeness (QED) is 0.874. The zero-order chi connectivity index (χ0) is 12.3. The van der Waals surface area contributed by atoms with Gasteiger partial charge in [-0.15, -0.1) is 0 Å². The number of nitrogens with one attached hydrogen (secondary N) is 1. The summed E-state index contributed by atoms with van der Waals surface area (Å²) in [6, 6.07) is 8.01.